The highest BCUT2D eigenvalue weighted by molar-refractivity contribution is 5.92. The van der Waals surface area contributed by atoms with Gasteiger partial charge in [0.15, 0.2) is 0 Å². The topological polar surface area (TPSA) is 95.3 Å². The van der Waals surface area contributed by atoms with Gasteiger partial charge in [0.05, 0.1) is 42.9 Å². The molecule has 0 unspecified atom stereocenters. The highest BCUT2D eigenvalue weighted by Crippen LogP contribution is 2.20. The Balaban J connectivity index is 0.000000171. The van der Waals surface area contributed by atoms with Crippen LogP contribution in [0.1, 0.15) is 28.3 Å². The highest BCUT2D eigenvalue weighted by atomic mass is 19.1. The Morgan fingerprint density at radius 3 is 2.74 bits per heavy atom. The van der Waals surface area contributed by atoms with E-state index in [0.29, 0.717) is 11.2 Å². The first kappa shape index (κ1) is 19.2. The van der Waals surface area contributed by atoms with Gasteiger partial charge >= 0.3 is 0 Å². The van der Waals surface area contributed by atoms with Crippen LogP contribution in [0.2, 0.25) is 0 Å². The van der Waals surface area contributed by atoms with Crippen molar-refractivity contribution in [2.75, 3.05) is 24.5 Å². The van der Waals surface area contributed by atoms with Crippen LogP contribution >= 0.6 is 0 Å². The summed E-state index contributed by atoms with van der Waals surface area (Å²) in [6.07, 6.45) is 10.3. The van der Waals surface area contributed by atoms with Crippen LogP contribution in [-0.2, 0) is 13.0 Å². The van der Waals surface area contributed by atoms with E-state index in [1.54, 1.807) is 48.1 Å². The third-order valence-electron chi connectivity index (χ3n) is 5.48. The van der Waals surface area contributed by atoms with Crippen LogP contribution in [0.3, 0.4) is 0 Å². The van der Waals surface area contributed by atoms with Crippen LogP contribution in [0.25, 0.3) is 5.52 Å². The Hall–Kier alpha value is -3.82. The molecule has 158 valence electrons. The number of pyridine rings is 1. The van der Waals surface area contributed by atoms with Crippen molar-refractivity contribution < 1.29 is 9.18 Å². The molecule has 9 nitrogen and oxygen atoms in total. The Bertz CT molecular complexity index is 1200. The summed E-state index contributed by atoms with van der Waals surface area (Å²) in [5.41, 5.74) is 3.20. The van der Waals surface area contributed by atoms with Gasteiger partial charge in [-0.1, -0.05) is 0 Å². The molecule has 1 saturated heterocycles. The van der Waals surface area contributed by atoms with Crippen LogP contribution in [-0.4, -0.2) is 60.0 Å². The first-order valence-corrected chi connectivity index (χ1v) is 10.1. The van der Waals surface area contributed by atoms with Gasteiger partial charge in [0.1, 0.15) is 22.8 Å². The number of fused-ring (bicyclic) bond motifs is 2. The molecule has 0 aromatic carbocycles. The molecule has 6 rings (SSSR count). The average Bonchev–Trinajstić information content (AvgIpc) is 3.42. The van der Waals surface area contributed by atoms with Crippen molar-refractivity contribution in [3.05, 3.63) is 72.2 Å². The zero-order chi connectivity index (χ0) is 21.2. The molecule has 2 aliphatic rings. The quantitative estimate of drug-likeness (QED) is 0.534. The van der Waals surface area contributed by atoms with E-state index in [2.05, 4.69) is 29.9 Å². The minimum atomic E-state index is -0.236. The van der Waals surface area contributed by atoms with Gasteiger partial charge in [-0.05, 0) is 24.6 Å². The molecule has 1 amide bonds. The number of nitrogens with one attached hydrogen (secondary N) is 1. The molecule has 0 spiro atoms. The number of hydrogen-bond acceptors (Lipinski definition) is 6. The monoisotopic (exact) mass is 420 g/mol. The van der Waals surface area contributed by atoms with E-state index in [9.17, 15) is 9.18 Å². The zero-order valence-corrected chi connectivity index (χ0v) is 16.8. The summed E-state index contributed by atoms with van der Waals surface area (Å²) in [5.74, 6) is 0.546. The molecule has 1 N–H and O–H groups in total. The molecule has 0 radical (unpaired) electrons. The lowest BCUT2D eigenvalue weighted by atomic mass is 10.1. The van der Waals surface area contributed by atoms with Crippen molar-refractivity contribution in [1.82, 2.24) is 34.4 Å². The average molecular weight is 420 g/mol. The first-order chi connectivity index (χ1) is 15.2. The second-order valence-corrected chi connectivity index (χ2v) is 7.42. The maximum Gasteiger partial charge on any atom is 0.274 e. The van der Waals surface area contributed by atoms with Gasteiger partial charge in [-0.15, -0.1) is 0 Å². The third kappa shape index (κ3) is 3.83. The Kier molecular flexibility index (Phi) is 5.03. The molecular formula is C21H21FN8O. The van der Waals surface area contributed by atoms with Gasteiger partial charge in [0, 0.05) is 32.3 Å². The van der Waals surface area contributed by atoms with E-state index in [1.165, 1.54) is 10.6 Å². The number of anilines is 1. The van der Waals surface area contributed by atoms with Crippen molar-refractivity contribution in [2.24, 2.45) is 0 Å². The largest absolute Gasteiger partial charge is 0.349 e. The summed E-state index contributed by atoms with van der Waals surface area (Å²) in [5, 5.41) is 3.86. The fourth-order valence-electron chi connectivity index (χ4n) is 3.60. The van der Waals surface area contributed by atoms with E-state index in [1.807, 2.05) is 0 Å². The fourth-order valence-corrected chi connectivity index (χ4v) is 3.60. The van der Waals surface area contributed by atoms with Gasteiger partial charge in [0.2, 0.25) is 0 Å². The van der Waals surface area contributed by atoms with Gasteiger partial charge in [-0.3, -0.25) is 4.79 Å². The number of aromatic amines is 1. The third-order valence-corrected chi connectivity index (χ3v) is 5.48. The van der Waals surface area contributed by atoms with Crippen LogP contribution in [0.15, 0.2) is 49.3 Å². The van der Waals surface area contributed by atoms with E-state index in [-0.39, 0.29) is 11.7 Å². The van der Waals surface area contributed by atoms with Crippen molar-refractivity contribution in [3.63, 3.8) is 0 Å². The number of nitrogens with zero attached hydrogens (tertiary/aromatic N) is 7. The van der Waals surface area contributed by atoms with Crippen molar-refractivity contribution in [2.45, 2.75) is 19.4 Å². The summed E-state index contributed by atoms with van der Waals surface area (Å²) in [6.45, 7) is 3.28. The van der Waals surface area contributed by atoms with Gasteiger partial charge in [-0.2, -0.15) is 5.10 Å². The van der Waals surface area contributed by atoms with Crippen molar-refractivity contribution in [1.29, 1.82) is 0 Å². The molecule has 4 aromatic rings. The minimum absolute atomic E-state index is 0.0187. The van der Waals surface area contributed by atoms with E-state index in [4.69, 9.17) is 0 Å². The number of halogens is 1. The SMILES string of the molecule is Fc1cccn2nccc12.O=C(c1cnc(N2CCc3nc[nH]c3C2)cn1)N1CCC1. The molecule has 0 bridgehead atoms. The van der Waals surface area contributed by atoms with Crippen LogP contribution < -0.4 is 4.90 Å². The lowest BCUT2D eigenvalue weighted by Crippen LogP contribution is -2.42. The zero-order valence-electron chi connectivity index (χ0n) is 16.8. The molecule has 10 heteroatoms. The lowest BCUT2D eigenvalue weighted by molar-refractivity contribution is 0.0645. The minimum Gasteiger partial charge on any atom is -0.349 e. The summed E-state index contributed by atoms with van der Waals surface area (Å²) < 4.78 is 14.3. The van der Waals surface area contributed by atoms with Gasteiger partial charge in [-0.25, -0.2) is 23.9 Å². The van der Waals surface area contributed by atoms with E-state index in [0.717, 1.165) is 56.2 Å². The molecule has 4 aromatic heterocycles. The number of amides is 1. The Labute approximate surface area is 177 Å². The lowest BCUT2D eigenvalue weighted by Gasteiger charge is -2.30. The molecule has 2 aliphatic heterocycles. The summed E-state index contributed by atoms with van der Waals surface area (Å²) in [6, 6.07) is 4.67. The highest BCUT2D eigenvalue weighted by Gasteiger charge is 2.24. The molecule has 0 saturated carbocycles. The van der Waals surface area contributed by atoms with Crippen LogP contribution in [0, 0.1) is 5.82 Å². The number of imidazole rings is 1. The number of carbonyl (C=O) groups excluding carboxylic acids is 1. The first-order valence-electron chi connectivity index (χ1n) is 10.1. The summed E-state index contributed by atoms with van der Waals surface area (Å²) >= 11 is 0. The molecule has 0 atom stereocenters. The van der Waals surface area contributed by atoms with E-state index < -0.39 is 0 Å². The number of aromatic nitrogens is 6. The Morgan fingerprint density at radius 1 is 1.10 bits per heavy atom. The number of likely N-dealkylation sites (tertiary alicyclic amines) is 1. The predicted octanol–water partition coefficient (Wildman–Crippen LogP) is 2.08. The van der Waals surface area contributed by atoms with Gasteiger partial charge in [0.25, 0.3) is 5.91 Å². The predicted molar refractivity (Wildman–Crippen MR) is 111 cm³/mol. The number of hydrogen-bond donors (Lipinski definition) is 1. The fraction of sp³-hybridized carbons (Fsp3) is 0.286. The molecule has 31 heavy (non-hydrogen) atoms. The number of rotatable bonds is 2. The molecular weight excluding hydrogens is 399 g/mol. The normalized spacial score (nSPS) is 15.1. The van der Waals surface area contributed by atoms with Crippen molar-refractivity contribution >= 4 is 17.2 Å². The standard InChI is InChI=1S/C14H16N6O.C7H5FN2/c21-14(19-3-1-4-19)11-6-16-13(7-15-11)20-5-2-10-12(8-20)18-9-17-10;8-6-2-1-5-10-7(6)3-4-9-10/h6-7,9H,1-5,8H2,(H,17,18);1-5H. The summed E-state index contributed by atoms with van der Waals surface area (Å²) in [4.78, 5) is 32.1. The summed E-state index contributed by atoms with van der Waals surface area (Å²) in [7, 11) is 0. The number of carbonyl (C=O) groups is 1. The second-order valence-electron chi connectivity index (χ2n) is 7.42. The van der Waals surface area contributed by atoms with Crippen molar-refractivity contribution in [3.8, 4) is 0 Å². The van der Waals surface area contributed by atoms with Gasteiger partial charge < -0.3 is 14.8 Å². The van der Waals surface area contributed by atoms with Crippen LogP contribution in [0.4, 0.5) is 10.2 Å². The molecule has 0 aliphatic carbocycles. The van der Waals surface area contributed by atoms with E-state index >= 15 is 0 Å². The number of H-pyrrole nitrogens is 1. The Morgan fingerprint density at radius 2 is 2.00 bits per heavy atom. The maximum atomic E-state index is 12.8. The van der Waals surface area contributed by atoms with Crippen LogP contribution in [0.5, 0.6) is 0 Å². The smallest absolute Gasteiger partial charge is 0.274 e. The molecule has 6 heterocycles. The molecule has 1 fully saturated rings. The second kappa shape index (κ2) is 8.13. The maximum absolute atomic E-state index is 12.8.